The summed E-state index contributed by atoms with van der Waals surface area (Å²) in [6.45, 7) is 2.48. The molecule has 0 aliphatic carbocycles. The van der Waals surface area contributed by atoms with Crippen LogP contribution in [-0.4, -0.2) is 48.7 Å². The fraction of sp³-hybridized carbons (Fsp3) is 0.350. The van der Waals surface area contributed by atoms with Crippen LogP contribution >= 0.6 is 11.3 Å². The average Bonchev–Trinajstić information content (AvgIpc) is 3.23. The summed E-state index contributed by atoms with van der Waals surface area (Å²) in [5.41, 5.74) is 5.51. The number of hydrogen-bond donors (Lipinski definition) is 3. The fourth-order valence-corrected chi connectivity index (χ4v) is 3.85. The third-order valence-corrected chi connectivity index (χ3v) is 5.32. The van der Waals surface area contributed by atoms with Crippen LogP contribution in [0, 0.1) is 11.3 Å². The molecular formula is C20H25N5OS. The van der Waals surface area contributed by atoms with Crippen LogP contribution in [0.4, 0.5) is 5.69 Å². The number of carbonyl (C=O) groups is 1. The number of carbonyl (C=O) groups excluding carboxylic acids is 1. The second-order valence-electron chi connectivity index (χ2n) is 6.65. The molecule has 142 valence electrons. The highest BCUT2D eigenvalue weighted by Gasteiger charge is 2.25. The van der Waals surface area contributed by atoms with Gasteiger partial charge in [-0.15, -0.1) is 11.3 Å². The Morgan fingerprint density at radius 1 is 1.41 bits per heavy atom. The predicted molar refractivity (Wildman–Crippen MR) is 111 cm³/mol. The Morgan fingerprint density at radius 2 is 2.22 bits per heavy atom. The maximum Gasteiger partial charge on any atom is 0.227 e. The first-order valence-electron chi connectivity index (χ1n) is 9.08. The molecular weight excluding hydrogens is 358 g/mol. The molecule has 1 aliphatic rings. The van der Waals surface area contributed by atoms with Crippen molar-refractivity contribution in [2.45, 2.75) is 12.8 Å². The van der Waals surface area contributed by atoms with Gasteiger partial charge in [-0.2, -0.15) is 0 Å². The van der Waals surface area contributed by atoms with E-state index in [1.165, 1.54) is 6.21 Å². The molecule has 1 aromatic heterocycles. The van der Waals surface area contributed by atoms with Gasteiger partial charge in [0.2, 0.25) is 5.91 Å². The van der Waals surface area contributed by atoms with E-state index in [-0.39, 0.29) is 11.8 Å². The van der Waals surface area contributed by atoms with Crippen LogP contribution in [0.15, 0.2) is 46.9 Å². The molecule has 3 rings (SSSR count). The summed E-state index contributed by atoms with van der Waals surface area (Å²) >= 11 is 1.56. The Morgan fingerprint density at radius 3 is 2.89 bits per heavy atom. The predicted octanol–water partition coefficient (Wildman–Crippen LogP) is 3.21. The van der Waals surface area contributed by atoms with Crippen molar-refractivity contribution in [2.75, 3.05) is 32.0 Å². The molecule has 1 aromatic carbocycles. The van der Waals surface area contributed by atoms with E-state index in [0.29, 0.717) is 0 Å². The van der Waals surface area contributed by atoms with Gasteiger partial charge in [-0.25, -0.2) is 4.98 Å². The lowest BCUT2D eigenvalue weighted by Crippen LogP contribution is -2.39. The van der Waals surface area contributed by atoms with Gasteiger partial charge in [-0.3, -0.25) is 9.69 Å². The van der Waals surface area contributed by atoms with Gasteiger partial charge in [0.15, 0.2) is 0 Å². The highest BCUT2D eigenvalue weighted by Crippen LogP contribution is 2.24. The lowest BCUT2D eigenvalue weighted by atomic mass is 9.95. The quantitative estimate of drug-likeness (QED) is 0.641. The molecule has 1 aliphatic heterocycles. The third kappa shape index (κ3) is 5.24. The number of nitrogens with one attached hydrogen (secondary N) is 3. The van der Waals surface area contributed by atoms with Crippen LogP contribution in [0.3, 0.4) is 0 Å². The maximum atomic E-state index is 12.7. The van der Waals surface area contributed by atoms with E-state index in [1.54, 1.807) is 11.3 Å². The number of hydrogen-bond acceptors (Lipinski definition) is 6. The van der Waals surface area contributed by atoms with E-state index in [2.05, 4.69) is 20.5 Å². The van der Waals surface area contributed by atoms with Crippen molar-refractivity contribution < 1.29 is 4.79 Å². The number of nitrogens with zero attached hydrogens (tertiary/aromatic N) is 2. The van der Waals surface area contributed by atoms with E-state index in [0.717, 1.165) is 55.0 Å². The topological polar surface area (TPSA) is 81.1 Å². The lowest BCUT2D eigenvalue weighted by molar-refractivity contribution is -0.121. The molecule has 27 heavy (non-hydrogen) atoms. The molecule has 0 saturated carbocycles. The molecule has 6 nitrogen and oxygen atoms in total. The van der Waals surface area contributed by atoms with Crippen molar-refractivity contribution in [3.05, 3.63) is 46.9 Å². The summed E-state index contributed by atoms with van der Waals surface area (Å²) in [6.07, 6.45) is 4.90. The lowest BCUT2D eigenvalue weighted by Gasteiger charge is -2.31. The Balaban J connectivity index is 1.53. The summed E-state index contributed by atoms with van der Waals surface area (Å²) in [4.78, 5) is 19.3. The molecule has 1 saturated heterocycles. The minimum Gasteiger partial charge on any atom is -0.394 e. The molecule has 0 bridgehead atoms. The molecule has 0 spiro atoms. The van der Waals surface area contributed by atoms with Gasteiger partial charge in [0.05, 0.1) is 11.2 Å². The van der Waals surface area contributed by atoms with Crippen LogP contribution in [0.2, 0.25) is 0 Å². The molecule has 3 N–H and O–H groups in total. The number of likely N-dealkylation sites (tertiary alicyclic amines) is 1. The van der Waals surface area contributed by atoms with Gasteiger partial charge >= 0.3 is 0 Å². The monoisotopic (exact) mass is 383 g/mol. The smallest absolute Gasteiger partial charge is 0.227 e. The van der Waals surface area contributed by atoms with Gasteiger partial charge in [-0.1, -0.05) is 12.1 Å². The third-order valence-electron chi connectivity index (χ3n) is 4.74. The van der Waals surface area contributed by atoms with Crippen molar-refractivity contribution in [3.63, 3.8) is 0 Å². The first-order valence-corrected chi connectivity index (χ1v) is 10.0. The van der Waals surface area contributed by atoms with Crippen LogP contribution in [0.25, 0.3) is 11.3 Å². The molecule has 7 heteroatoms. The van der Waals surface area contributed by atoms with Gasteiger partial charge in [-0.05, 0) is 43.6 Å². The van der Waals surface area contributed by atoms with Gasteiger partial charge < -0.3 is 16.0 Å². The van der Waals surface area contributed by atoms with Crippen LogP contribution in [0.5, 0.6) is 0 Å². The summed E-state index contributed by atoms with van der Waals surface area (Å²) < 4.78 is 0. The van der Waals surface area contributed by atoms with Crippen LogP contribution in [-0.2, 0) is 4.79 Å². The SMILES string of the molecule is CN/C=C(\C=N)CN1CCC(C(=O)Nc2cccc(-c3cscn3)c2)CC1. The van der Waals surface area contributed by atoms with Crippen LogP contribution < -0.4 is 10.6 Å². The minimum absolute atomic E-state index is 0.0286. The number of aromatic nitrogens is 1. The molecule has 1 fully saturated rings. The highest BCUT2D eigenvalue weighted by atomic mass is 32.1. The molecule has 0 unspecified atom stereocenters. The van der Waals surface area contributed by atoms with E-state index in [9.17, 15) is 4.79 Å². The Labute approximate surface area is 163 Å². The Bertz CT molecular complexity index is 794. The number of benzene rings is 1. The Hall–Kier alpha value is -2.51. The molecule has 2 aromatic rings. The summed E-state index contributed by atoms with van der Waals surface area (Å²) in [6, 6.07) is 7.84. The highest BCUT2D eigenvalue weighted by molar-refractivity contribution is 7.07. The van der Waals surface area contributed by atoms with Crippen molar-refractivity contribution in [1.82, 2.24) is 15.2 Å². The van der Waals surface area contributed by atoms with Crippen molar-refractivity contribution in [2.24, 2.45) is 5.92 Å². The zero-order valence-electron chi connectivity index (χ0n) is 15.4. The number of amides is 1. The second-order valence-corrected chi connectivity index (χ2v) is 7.37. The van der Waals surface area contributed by atoms with Gasteiger partial charge in [0.1, 0.15) is 0 Å². The molecule has 0 radical (unpaired) electrons. The van der Waals surface area contributed by atoms with E-state index in [1.807, 2.05) is 48.4 Å². The second kappa shape index (κ2) is 9.43. The zero-order valence-corrected chi connectivity index (χ0v) is 16.3. The first-order chi connectivity index (χ1) is 13.2. The molecule has 2 heterocycles. The summed E-state index contributed by atoms with van der Waals surface area (Å²) in [5.74, 6) is 0.115. The van der Waals surface area contributed by atoms with E-state index >= 15 is 0 Å². The standard InChI is InChI=1S/C20H25N5OS/c1-22-11-15(10-21)12-25-7-5-16(6-8-25)20(26)24-18-4-2-3-17(9-18)19-13-27-14-23-19/h2-4,9-11,13-14,16,21-22H,5-8,12H2,1H3,(H,24,26)/b15-11+,21-10?. The van der Waals surface area contributed by atoms with Crippen molar-refractivity contribution in [3.8, 4) is 11.3 Å². The summed E-state index contributed by atoms with van der Waals surface area (Å²) in [5, 5.41) is 15.5. The largest absolute Gasteiger partial charge is 0.394 e. The normalized spacial score (nSPS) is 16.1. The number of rotatable bonds is 7. The van der Waals surface area contributed by atoms with Gasteiger partial charge in [0.25, 0.3) is 0 Å². The van der Waals surface area contributed by atoms with Crippen molar-refractivity contribution in [1.29, 1.82) is 5.41 Å². The molecule has 0 atom stereocenters. The number of piperidine rings is 1. The summed E-state index contributed by atoms with van der Waals surface area (Å²) in [7, 11) is 1.84. The maximum absolute atomic E-state index is 12.7. The first kappa shape index (κ1) is 19.3. The number of thiazole rings is 1. The van der Waals surface area contributed by atoms with E-state index in [4.69, 9.17) is 5.41 Å². The van der Waals surface area contributed by atoms with E-state index < -0.39 is 0 Å². The van der Waals surface area contributed by atoms with Crippen molar-refractivity contribution >= 4 is 29.1 Å². The number of anilines is 1. The van der Waals surface area contributed by atoms with Crippen LogP contribution in [0.1, 0.15) is 12.8 Å². The zero-order chi connectivity index (χ0) is 19.1. The average molecular weight is 384 g/mol. The Kier molecular flexibility index (Phi) is 6.73. The minimum atomic E-state index is 0.0286. The fourth-order valence-electron chi connectivity index (χ4n) is 3.29. The molecule has 1 amide bonds. The van der Waals surface area contributed by atoms with Gasteiger partial charge in [0, 0.05) is 48.6 Å².